The van der Waals surface area contributed by atoms with Gasteiger partial charge in [0.15, 0.2) is 5.78 Å². The highest BCUT2D eigenvalue weighted by Crippen LogP contribution is 2.45. The van der Waals surface area contributed by atoms with Gasteiger partial charge >= 0.3 is 5.97 Å². The summed E-state index contributed by atoms with van der Waals surface area (Å²) in [4.78, 5) is 24.2. The Kier molecular flexibility index (Phi) is 6.27. The summed E-state index contributed by atoms with van der Waals surface area (Å²) in [6.45, 7) is 0. The molecule has 0 atom stereocenters. The molecule has 216 valence electrons. The van der Waals surface area contributed by atoms with Crippen molar-refractivity contribution in [1.82, 2.24) is 0 Å². The van der Waals surface area contributed by atoms with Gasteiger partial charge in [0.05, 0.1) is 5.56 Å². The molecule has 0 aliphatic heterocycles. The third-order valence-electron chi connectivity index (χ3n) is 8.19. The van der Waals surface area contributed by atoms with Crippen LogP contribution < -0.4 is 0 Å². The highest BCUT2D eigenvalue weighted by atomic mass is 35.5. The maximum absolute atomic E-state index is 12.6. The molecule has 0 radical (unpaired) electrons. The van der Waals surface area contributed by atoms with Crippen molar-refractivity contribution in [2.75, 3.05) is 0 Å². The summed E-state index contributed by atoms with van der Waals surface area (Å²) < 4.78 is 12.0. The Morgan fingerprint density at radius 3 is 1.82 bits per heavy atom. The van der Waals surface area contributed by atoms with E-state index in [1.807, 2.05) is 91.0 Å². The topological polar surface area (TPSA) is 80.6 Å². The van der Waals surface area contributed by atoms with E-state index in [4.69, 9.17) is 32.0 Å². The van der Waals surface area contributed by atoms with Crippen molar-refractivity contribution in [2.24, 2.45) is 0 Å². The fourth-order valence-electron chi connectivity index (χ4n) is 6.20. The molecule has 0 amide bonds. The van der Waals surface area contributed by atoms with Crippen molar-refractivity contribution >= 4 is 78.8 Å². The highest BCUT2D eigenvalue weighted by Gasteiger charge is 2.30. The summed E-state index contributed by atoms with van der Waals surface area (Å²) in [5, 5.41) is 14.5. The van der Waals surface area contributed by atoms with E-state index in [0.29, 0.717) is 32.3 Å². The molecular weight excluding hydrogens is 607 g/mol. The number of hydrogen-bond donors (Lipinski definition) is 1. The molecule has 1 aliphatic rings. The number of ketones is 1. The van der Waals surface area contributed by atoms with Gasteiger partial charge in [-0.25, -0.2) is 4.79 Å². The average Bonchev–Trinajstić information content (AvgIpc) is 3.71. The Morgan fingerprint density at radius 2 is 1.11 bits per heavy atom. The Balaban J connectivity index is 0.000000134. The minimum absolute atomic E-state index is 0.00913. The van der Waals surface area contributed by atoms with E-state index in [0.717, 1.165) is 55.0 Å². The number of hydrogen-bond acceptors (Lipinski definition) is 4. The average molecular weight is 627 g/mol. The molecule has 0 saturated carbocycles. The van der Waals surface area contributed by atoms with Crippen LogP contribution >= 0.6 is 23.2 Å². The standard InChI is InChI=1S/C19H11ClO3.C19H9ClO2/c20-11-8-9-12(16(10-11)19(21)22)14-5-3-6-15-13-4-1-2-7-17(13)23-18(14)15;20-10-5-6-12-15(9-10)18(21)14-8-7-13-11-3-1-2-4-16(11)22-19(13)17(12)14/h1-10H,(H,21,22);1-9H. The zero-order chi connectivity index (χ0) is 30.8. The fraction of sp³-hybridized carbons (Fsp3) is 0. The van der Waals surface area contributed by atoms with Gasteiger partial charge in [0.1, 0.15) is 22.3 Å². The first-order chi connectivity index (χ1) is 21.9. The summed E-state index contributed by atoms with van der Waals surface area (Å²) in [6.07, 6.45) is 0. The molecule has 0 bridgehead atoms. The molecular formula is C38H20Cl2O5. The lowest BCUT2D eigenvalue weighted by atomic mass is 9.97. The molecule has 8 aromatic rings. The molecule has 5 nitrogen and oxygen atoms in total. The van der Waals surface area contributed by atoms with Gasteiger partial charge in [0, 0.05) is 59.4 Å². The second-order valence-corrected chi connectivity index (χ2v) is 11.6. The van der Waals surface area contributed by atoms with E-state index in [9.17, 15) is 14.7 Å². The molecule has 9 rings (SSSR count). The first-order valence-electron chi connectivity index (χ1n) is 14.1. The number of fused-ring (bicyclic) bond motifs is 10. The minimum atomic E-state index is -1.02. The number of rotatable bonds is 2. The predicted octanol–water partition coefficient (Wildman–Crippen LogP) is 11.1. The van der Waals surface area contributed by atoms with E-state index in [1.165, 1.54) is 6.07 Å². The quantitative estimate of drug-likeness (QED) is 0.206. The zero-order valence-corrected chi connectivity index (χ0v) is 24.8. The van der Waals surface area contributed by atoms with Crippen LogP contribution in [0.5, 0.6) is 0 Å². The van der Waals surface area contributed by atoms with Gasteiger partial charge in [0.2, 0.25) is 0 Å². The number of halogens is 2. The number of carboxylic acid groups (broad SMARTS) is 1. The van der Waals surface area contributed by atoms with Gasteiger partial charge < -0.3 is 13.9 Å². The second kappa shape index (κ2) is 10.4. The van der Waals surface area contributed by atoms with E-state index >= 15 is 0 Å². The van der Waals surface area contributed by atoms with Crippen LogP contribution in [0.15, 0.2) is 124 Å². The molecule has 7 heteroatoms. The third kappa shape index (κ3) is 4.32. The number of carbonyl (C=O) groups is 2. The summed E-state index contributed by atoms with van der Waals surface area (Å²) in [5.41, 5.74) is 7.66. The van der Waals surface area contributed by atoms with Gasteiger partial charge in [-0.3, -0.25) is 4.79 Å². The monoisotopic (exact) mass is 626 g/mol. The number of carbonyl (C=O) groups excluding carboxylic acids is 1. The van der Waals surface area contributed by atoms with Crippen molar-refractivity contribution in [1.29, 1.82) is 0 Å². The third-order valence-corrected chi connectivity index (χ3v) is 8.66. The van der Waals surface area contributed by atoms with Crippen molar-refractivity contribution in [3.05, 3.63) is 142 Å². The largest absolute Gasteiger partial charge is 0.478 e. The number of para-hydroxylation sites is 3. The summed E-state index contributed by atoms with van der Waals surface area (Å²) >= 11 is 12.0. The molecule has 2 aromatic heterocycles. The Labute approximate surface area is 265 Å². The molecule has 6 aromatic carbocycles. The molecule has 1 N–H and O–H groups in total. The van der Waals surface area contributed by atoms with Crippen molar-refractivity contribution < 1.29 is 23.5 Å². The van der Waals surface area contributed by atoms with Crippen LogP contribution in [0.4, 0.5) is 0 Å². The fourth-order valence-corrected chi connectivity index (χ4v) is 6.54. The smallest absolute Gasteiger partial charge is 0.336 e. The van der Waals surface area contributed by atoms with Crippen LogP contribution in [0.25, 0.3) is 66.1 Å². The van der Waals surface area contributed by atoms with E-state index in [-0.39, 0.29) is 11.3 Å². The van der Waals surface area contributed by atoms with E-state index in [2.05, 4.69) is 0 Å². The highest BCUT2D eigenvalue weighted by molar-refractivity contribution is 6.33. The maximum Gasteiger partial charge on any atom is 0.336 e. The van der Waals surface area contributed by atoms with Crippen LogP contribution in [0, 0.1) is 0 Å². The minimum Gasteiger partial charge on any atom is -0.478 e. The number of aromatic carboxylic acids is 1. The summed E-state index contributed by atoms with van der Waals surface area (Å²) in [5.74, 6) is -1.01. The lowest BCUT2D eigenvalue weighted by Gasteiger charge is -2.07. The van der Waals surface area contributed by atoms with Gasteiger partial charge in [-0.1, -0.05) is 89.9 Å². The molecule has 0 unspecified atom stereocenters. The molecule has 45 heavy (non-hydrogen) atoms. The summed E-state index contributed by atoms with van der Waals surface area (Å²) in [7, 11) is 0. The van der Waals surface area contributed by atoms with Gasteiger partial charge in [-0.15, -0.1) is 0 Å². The zero-order valence-electron chi connectivity index (χ0n) is 23.3. The van der Waals surface area contributed by atoms with E-state index in [1.54, 1.807) is 18.2 Å². The number of furan rings is 2. The van der Waals surface area contributed by atoms with Gasteiger partial charge in [0.25, 0.3) is 0 Å². The Morgan fingerprint density at radius 1 is 0.533 bits per heavy atom. The number of benzene rings is 6. The van der Waals surface area contributed by atoms with Crippen LogP contribution in [0.1, 0.15) is 26.3 Å². The van der Waals surface area contributed by atoms with Gasteiger partial charge in [-0.05, 0) is 54.1 Å². The first-order valence-corrected chi connectivity index (χ1v) is 14.9. The van der Waals surface area contributed by atoms with Crippen LogP contribution in [0.3, 0.4) is 0 Å². The first kappa shape index (κ1) is 27.2. The van der Waals surface area contributed by atoms with Crippen LogP contribution in [-0.4, -0.2) is 16.9 Å². The Hall–Kier alpha value is -5.36. The molecule has 0 fully saturated rings. The molecule has 0 saturated heterocycles. The predicted molar refractivity (Wildman–Crippen MR) is 179 cm³/mol. The maximum atomic E-state index is 12.6. The van der Waals surface area contributed by atoms with Gasteiger partial charge in [-0.2, -0.15) is 0 Å². The van der Waals surface area contributed by atoms with Crippen LogP contribution in [-0.2, 0) is 0 Å². The van der Waals surface area contributed by atoms with Crippen molar-refractivity contribution in [3.8, 4) is 22.3 Å². The molecule has 1 aliphatic carbocycles. The van der Waals surface area contributed by atoms with Crippen LogP contribution in [0.2, 0.25) is 10.0 Å². The lowest BCUT2D eigenvalue weighted by Crippen LogP contribution is -1.99. The summed E-state index contributed by atoms with van der Waals surface area (Å²) in [6, 6.07) is 35.6. The molecule has 0 spiro atoms. The van der Waals surface area contributed by atoms with E-state index < -0.39 is 5.97 Å². The van der Waals surface area contributed by atoms with Crippen molar-refractivity contribution in [2.45, 2.75) is 0 Å². The second-order valence-electron chi connectivity index (χ2n) is 10.8. The van der Waals surface area contributed by atoms with Crippen molar-refractivity contribution in [3.63, 3.8) is 0 Å². The number of carboxylic acids is 1. The molecule has 2 heterocycles. The lowest BCUT2D eigenvalue weighted by molar-refractivity contribution is 0.0697. The normalized spacial score (nSPS) is 12.0. The SMILES string of the molecule is O=C(O)c1cc(Cl)ccc1-c1cccc2c1oc1ccccc12.O=C1c2cc(Cl)ccc2-c2c1ccc1c2oc2ccccc21. The Bertz CT molecular complexity index is 2520.